The zero-order chi connectivity index (χ0) is 13.6. The van der Waals surface area contributed by atoms with Gasteiger partial charge in [-0.05, 0) is 44.7 Å². The number of hydrogen-bond acceptors (Lipinski definition) is 2. The minimum absolute atomic E-state index is 0.126. The van der Waals surface area contributed by atoms with E-state index in [9.17, 15) is 9.59 Å². The molecule has 0 unspecified atom stereocenters. The molecule has 102 valence electrons. The summed E-state index contributed by atoms with van der Waals surface area (Å²) < 4.78 is 0. The van der Waals surface area contributed by atoms with Gasteiger partial charge in [-0.1, -0.05) is 6.92 Å². The van der Waals surface area contributed by atoms with Crippen LogP contribution in [-0.4, -0.2) is 28.4 Å². The molecule has 4 heteroatoms. The maximum Gasteiger partial charge on any atom is 0.261 e. The number of likely N-dealkylation sites (tertiary alicyclic amines) is 1. The Labute approximate surface area is 112 Å². The van der Waals surface area contributed by atoms with E-state index >= 15 is 0 Å². The molecule has 1 aromatic rings. The number of H-pyrrole nitrogens is 1. The Hall–Kier alpha value is -1.58. The maximum atomic E-state index is 12.4. The molecule has 0 spiro atoms. The minimum Gasteiger partial charge on any atom is -0.336 e. The number of rotatable bonds is 2. The van der Waals surface area contributed by atoms with Crippen LogP contribution in [0.25, 0.3) is 0 Å². The number of amides is 1. The lowest BCUT2D eigenvalue weighted by Gasteiger charge is -2.21. The van der Waals surface area contributed by atoms with Crippen molar-refractivity contribution in [3.63, 3.8) is 0 Å². The lowest BCUT2D eigenvalue weighted by Crippen LogP contribution is -2.37. The normalized spacial score (nSPS) is 24.5. The van der Waals surface area contributed by atoms with Crippen molar-refractivity contribution in [2.75, 3.05) is 6.54 Å². The second-order valence-electron chi connectivity index (χ2n) is 6.17. The van der Waals surface area contributed by atoms with Crippen LogP contribution in [0.4, 0.5) is 0 Å². The summed E-state index contributed by atoms with van der Waals surface area (Å²) in [5, 5.41) is 0. The van der Waals surface area contributed by atoms with Gasteiger partial charge in [-0.25, -0.2) is 0 Å². The van der Waals surface area contributed by atoms with Gasteiger partial charge >= 0.3 is 0 Å². The van der Waals surface area contributed by atoms with Gasteiger partial charge in [0.05, 0.1) is 0 Å². The average molecular weight is 260 g/mol. The average Bonchev–Trinajstić information content (AvgIpc) is 2.98. The van der Waals surface area contributed by atoms with E-state index in [1.165, 1.54) is 0 Å². The highest BCUT2D eigenvalue weighted by Crippen LogP contribution is 2.46. The topological polar surface area (TPSA) is 53.2 Å². The summed E-state index contributed by atoms with van der Waals surface area (Å²) >= 11 is 0. The molecule has 1 saturated carbocycles. The third-order valence-electron chi connectivity index (χ3n) is 4.60. The van der Waals surface area contributed by atoms with Crippen molar-refractivity contribution < 1.29 is 4.79 Å². The van der Waals surface area contributed by atoms with E-state index in [2.05, 4.69) is 11.9 Å². The van der Waals surface area contributed by atoms with Crippen molar-refractivity contribution in [2.24, 2.45) is 0 Å². The van der Waals surface area contributed by atoms with Crippen molar-refractivity contribution in [3.05, 3.63) is 33.7 Å². The van der Waals surface area contributed by atoms with E-state index in [-0.39, 0.29) is 28.5 Å². The molecule has 0 aromatic carbocycles. The van der Waals surface area contributed by atoms with Crippen LogP contribution in [0.5, 0.6) is 0 Å². The first-order valence-electron chi connectivity index (χ1n) is 7.06. The monoisotopic (exact) mass is 260 g/mol. The number of aromatic amines is 1. The predicted octanol–water partition coefficient (Wildman–Crippen LogP) is 2.05. The number of hydrogen-bond donors (Lipinski definition) is 1. The molecule has 19 heavy (non-hydrogen) atoms. The summed E-state index contributed by atoms with van der Waals surface area (Å²) in [6.07, 6.45) is 4.28. The molecule has 1 aliphatic carbocycles. The van der Waals surface area contributed by atoms with Gasteiger partial charge in [0.1, 0.15) is 5.56 Å². The Morgan fingerprint density at radius 1 is 1.42 bits per heavy atom. The second-order valence-corrected chi connectivity index (χ2v) is 6.17. The van der Waals surface area contributed by atoms with Gasteiger partial charge in [0.15, 0.2) is 0 Å². The molecular weight excluding hydrogens is 240 g/mol. The number of nitrogens with zero attached hydrogens (tertiary/aromatic N) is 1. The van der Waals surface area contributed by atoms with Crippen LogP contribution in [0, 0.1) is 0 Å². The summed E-state index contributed by atoms with van der Waals surface area (Å²) in [5.74, 6) is -0.126. The zero-order valence-electron chi connectivity index (χ0n) is 11.5. The molecule has 2 fully saturated rings. The lowest BCUT2D eigenvalue weighted by molar-refractivity contribution is 0.0745. The van der Waals surface area contributed by atoms with Crippen LogP contribution < -0.4 is 5.56 Å². The second kappa shape index (κ2) is 4.22. The minimum atomic E-state index is -0.241. The molecular formula is C15H20N2O2. The molecule has 0 bridgehead atoms. The third-order valence-corrected chi connectivity index (χ3v) is 4.60. The third kappa shape index (κ3) is 2.09. The van der Waals surface area contributed by atoms with Gasteiger partial charge in [-0.3, -0.25) is 9.59 Å². The SMILES string of the molecule is C[C@H]1CCCN1C(=O)c1ccc(C2(C)CC2)[nH]c1=O. The number of carbonyl (C=O) groups excluding carboxylic acids is 1. The first-order valence-corrected chi connectivity index (χ1v) is 7.06. The van der Waals surface area contributed by atoms with E-state index in [0.29, 0.717) is 0 Å². The van der Waals surface area contributed by atoms with Crippen LogP contribution >= 0.6 is 0 Å². The molecule has 0 radical (unpaired) electrons. The highest BCUT2D eigenvalue weighted by Gasteiger charge is 2.40. The Kier molecular flexibility index (Phi) is 2.77. The first kappa shape index (κ1) is 12.5. The standard InChI is InChI=1S/C15H20N2O2/c1-10-4-3-9-17(10)14(19)11-5-6-12(16-13(11)18)15(2)7-8-15/h5-6,10H,3-4,7-9H2,1-2H3,(H,16,18)/t10-/m0/s1. The van der Waals surface area contributed by atoms with E-state index < -0.39 is 0 Å². The van der Waals surface area contributed by atoms with Gasteiger partial charge in [0.25, 0.3) is 11.5 Å². The Bertz CT molecular complexity index is 572. The van der Waals surface area contributed by atoms with Crippen molar-refractivity contribution in [3.8, 4) is 0 Å². The fraction of sp³-hybridized carbons (Fsp3) is 0.600. The summed E-state index contributed by atoms with van der Waals surface area (Å²) in [5.41, 5.74) is 1.13. The predicted molar refractivity (Wildman–Crippen MR) is 73.4 cm³/mol. The van der Waals surface area contributed by atoms with Crippen LogP contribution in [0.1, 0.15) is 55.6 Å². The van der Waals surface area contributed by atoms with Crippen molar-refractivity contribution in [1.29, 1.82) is 0 Å². The largest absolute Gasteiger partial charge is 0.336 e. The Morgan fingerprint density at radius 2 is 2.16 bits per heavy atom. The summed E-state index contributed by atoms with van der Waals surface area (Å²) in [6.45, 7) is 4.94. The number of nitrogens with one attached hydrogen (secondary N) is 1. The molecule has 3 rings (SSSR count). The Balaban J connectivity index is 1.89. The molecule has 1 atom stereocenters. The number of pyridine rings is 1. The molecule has 1 aliphatic heterocycles. The van der Waals surface area contributed by atoms with Gasteiger partial charge in [0.2, 0.25) is 0 Å². The van der Waals surface area contributed by atoms with Crippen LogP contribution in [0.3, 0.4) is 0 Å². The quantitative estimate of drug-likeness (QED) is 0.884. The van der Waals surface area contributed by atoms with Gasteiger partial charge < -0.3 is 9.88 Å². The van der Waals surface area contributed by atoms with Crippen LogP contribution in [0.2, 0.25) is 0 Å². The van der Waals surface area contributed by atoms with Gasteiger partial charge in [0, 0.05) is 23.7 Å². The van der Waals surface area contributed by atoms with E-state index in [0.717, 1.165) is 37.9 Å². The molecule has 1 N–H and O–H groups in total. The van der Waals surface area contributed by atoms with Crippen molar-refractivity contribution in [1.82, 2.24) is 9.88 Å². The summed E-state index contributed by atoms with van der Waals surface area (Å²) in [7, 11) is 0. The smallest absolute Gasteiger partial charge is 0.261 e. The molecule has 1 aromatic heterocycles. The lowest BCUT2D eigenvalue weighted by atomic mass is 10.0. The van der Waals surface area contributed by atoms with E-state index in [1.54, 1.807) is 6.07 Å². The molecule has 1 amide bonds. The molecule has 2 aliphatic rings. The first-order chi connectivity index (χ1) is 9.01. The molecule has 1 saturated heterocycles. The van der Waals surface area contributed by atoms with E-state index in [1.807, 2.05) is 17.9 Å². The highest BCUT2D eigenvalue weighted by molar-refractivity contribution is 5.94. The summed E-state index contributed by atoms with van der Waals surface area (Å²) in [6, 6.07) is 3.85. The number of aromatic nitrogens is 1. The maximum absolute atomic E-state index is 12.4. The fourth-order valence-corrected chi connectivity index (χ4v) is 2.84. The van der Waals surface area contributed by atoms with Crippen LogP contribution in [0.15, 0.2) is 16.9 Å². The highest BCUT2D eigenvalue weighted by atomic mass is 16.2. The Morgan fingerprint density at radius 3 is 2.68 bits per heavy atom. The van der Waals surface area contributed by atoms with Crippen molar-refractivity contribution in [2.45, 2.75) is 51.0 Å². The molecule has 2 heterocycles. The van der Waals surface area contributed by atoms with Crippen molar-refractivity contribution >= 4 is 5.91 Å². The van der Waals surface area contributed by atoms with Gasteiger partial charge in [-0.2, -0.15) is 0 Å². The fourth-order valence-electron chi connectivity index (χ4n) is 2.84. The summed E-state index contributed by atoms with van der Waals surface area (Å²) in [4.78, 5) is 29.2. The zero-order valence-corrected chi connectivity index (χ0v) is 11.5. The van der Waals surface area contributed by atoms with E-state index in [4.69, 9.17) is 0 Å². The number of carbonyl (C=O) groups is 1. The van der Waals surface area contributed by atoms with Crippen LogP contribution in [-0.2, 0) is 5.41 Å². The molecule has 4 nitrogen and oxygen atoms in total. The van der Waals surface area contributed by atoms with Gasteiger partial charge in [-0.15, -0.1) is 0 Å².